The van der Waals surface area contributed by atoms with E-state index in [1.165, 1.54) is 0 Å². The van der Waals surface area contributed by atoms with Gasteiger partial charge in [0.2, 0.25) is 5.91 Å². The van der Waals surface area contributed by atoms with Gasteiger partial charge in [-0.3, -0.25) is 4.79 Å². The quantitative estimate of drug-likeness (QED) is 0.905. The maximum Gasteiger partial charge on any atom is 0.222 e. The third-order valence-corrected chi connectivity index (χ3v) is 3.86. The van der Waals surface area contributed by atoms with Crippen LogP contribution in [-0.4, -0.2) is 29.0 Å². The van der Waals surface area contributed by atoms with E-state index in [0.717, 1.165) is 24.9 Å². The molecule has 0 aliphatic carbocycles. The van der Waals surface area contributed by atoms with E-state index in [4.69, 9.17) is 0 Å². The molecule has 1 aromatic rings. The van der Waals surface area contributed by atoms with E-state index in [1.54, 1.807) is 0 Å². The number of rotatable bonds is 4. The fourth-order valence-corrected chi connectivity index (χ4v) is 2.64. The van der Waals surface area contributed by atoms with Gasteiger partial charge in [0, 0.05) is 19.5 Å². The van der Waals surface area contributed by atoms with Crippen molar-refractivity contribution < 1.29 is 9.90 Å². The zero-order valence-corrected chi connectivity index (χ0v) is 11.6. The molecule has 19 heavy (non-hydrogen) atoms. The molecule has 0 radical (unpaired) electrons. The summed E-state index contributed by atoms with van der Waals surface area (Å²) in [6, 6.07) is 9.65. The molecule has 0 spiro atoms. The van der Waals surface area contributed by atoms with Gasteiger partial charge in [-0.25, -0.2) is 0 Å². The highest BCUT2D eigenvalue weighted by molar-refractivity contribution is 5.76. The Kier molecular flexibility index (Phi) is 4.97. The number of aliphatic hydroxyl groups is 1. The van der Waals surface area contributed by atoms with Crippen molar-refractivity contribution in [3.63, 3.8) is 0 Å². The fraction of sp³-hybridized carbons (Fsp3) is 0.562. The molecule has 1 aliphatic rings. The minimum Gasteiger partial charge on any atom is -0.388 e. The van der Waals surface area contributed by atoms with Gasteiger partial charge in [0.15, 0.2) is 0 Å². The molecule has 1 aromatic carbocycles. The van der Waals surface area contributed by atoms with Crippen LogP contribution < -0.4 is 0 Å². The molecule has 0 aromatic heterocycles. The molecule has 0 saturated carbocycles. The predicted molar refractivity (Wildman–Crippen MR) is 75.6 cm³/mol. The van der Waals surface area contributed by atoms with E-state index in [2.05, 4.69) is 6.92 Å². The average molecular weight is 261 g/mol. The lowest BCUT2D eigenvalue weighted by atomic mass is 10.0. The minimum atomic E-state index is -0.477. The first-order valence-corrected chi connectivity index (χ1v) is 7.17. The van der Waals surface area contributed by atoms with Gasteiger partial charge in [-0.1, -0.05) is 37.3 Å². The van der Waals surface area contributed by atoms with E-state index >= 15 is 0 Å². The summed E-state index contributed by atoms with van der Waals surface area (Å²) in [4.78, 5) is 13.9. The second kappa shape index (κ2) is 6.71. The third kappa shape index (κ3) is 4.06. The topological polar surface area (TPSA) is 40.5 Å². The Morgan fingerprint density at radius 3 is 2.84 bits per heavy atom. The average Bonchev–Trinajstić information content (AvgIpc) is 2.58. The lowest BCUT2D eigenvalue weighted by molar-refractivity contribution is -0.131. The summed E-state index contributed by atoms with van der Waals surface area (Å²) in [7, 11) is 0. The standard InChI is InChI=1S/C16H23NO2/c1-13-6-5-10-17(16(19)12-13)11-9-15(18)14-7-3-2-4-8-14/h2-4,7-8,13,15,18H,5-6,9-12H2,1H3/t13-,15-/m1/s1. The van der Waals surface area contributed by atoms with Crippen molar-refractivity contribution in [1.29, 1.82) is 0 Å². The number of carbonyl (C=O) groups is 1. The molecule has 1 N–H and O–H groups in total. The molecule has 3 nitrogen and oxygen atoms in total. The Labute approximate surface area is 115 Å². The summed E-state index contributed by atoms with van der Waals surface area (Å²) in [5, 5.41) is 10.1. The zero-order valence-electron chi connectivity index (χ0n) is 11.6. The van der Waals surface area contributed by atoms with E-state index < -0.39 is 6.10 Å². The Morgan fingerprint density at radius 1 is 1.37 bits per heavy atom. The van der Waals surface area contributed by atoms with Crippen molar-refractivity contribution >= 4 is 5.91 Å². The first kappa shape index (κ1) is 14.1. The molecular weight excluding hydrogens is 238 g/mol. The van der Waals surface area contributed by atoms with Gasteiger partial charge < -0.3 is 10.0 Å². The monoisotopic (exact) mass is 261 g/mol. The highest BCUT2D eigenvalue weighted by Gasteiger charge is 2.21. The van der Waals surface area contributed by atoms with Crippen molar-refractivity contribution in [3.8, 4) is 0 Å². The molecule has 104 valence electrons. The van der Waals surface area contributed by atoms with Gasteiger partial charge in [0.25, 0.3) is 0 Å². The zero-order chi connectivity index (χ0) is 13.7. The SMILES string of the molecule is C[C@@H]1CCCN(CC[C@@H](O)c2ccccc2)C(=O)C1. The number of carbonyl (C=O) groups excluding carboxylic acids is 1. The van der Waals surface area contributed by atoms with Crippen molar-refractivity contribution in [1.82, 2.24) is 4.90 Å². The van der Waals surface area contributed by atoms with Gasteiger partial charge in [0.05, 0.1) is 6.10 Å². The van der Waals surface area contributed by atoms with Crippen LogP contribution in [0, 0.1) is 5.92 Å². The lowest BCUT2D eigenvalue weighted by Crippen LogP contribution is -2.32. The van der Waals surface area contributed by atoms with Crippen LogP contribution in [0.2, 0.25) is 0 Å². The van der Waals surface area contributed by atoms with Crippen LogP contribution in [0.1, 0.15) is 44.3 Å². The van der Waals surface area contributed by atoms with Crippen LogP contribution >= 0.6 is 0 Å². The summed E-state index contributed by atoms with van der Waals surface area (Å²) in [5.74, 6) is 0.738. The molecule has 1 fully saturated rings. The van der Waals surface area contributed by atoms with Crippen LogP contribution in [0.3, 0.4) is 0 Å². The largest absolute Gasteiger partial charge is 0.388 e. The number of hydrogen-bond donors (Lipinski definition) is 1. The van der Waals surface area contributed by atoms with Gasteiger partial charge in [-0.15, -0.1) is 0 Å². The van der Waals surface area contributed by atoms with Crippen LogP contribution in [0.4, 0.5) is 0 Å². The van der Waals surface area contributed by atoms with Crippen molar-refractivity contribution in [3.05, 3.63) is 35.9 Å². The maximum atomic E-state index is 12.0. The van der Waals surface area contributed by atoms with Crippen molar-refractivity contribution in [2.45, 2.75) is 38.7 Å². The summed E-state index contributed by atoms with van der Waals surface area (Å²) in [5.41, 5.74) is 0.929. The van der Waals surface area contributed by atoms with E-state index in [-0.39, 0.29) is 5.91 Å². The number of likely N-dealkylation sites (tertiary alicyclic amines) is 1. The first-order chi connectivity index (χ1) is 9.16. The normalized spacial score (nSPS) is 22.1. The van der Waals surface area contributed by atoms with E-state index in [1.807, 2.05) is 35.2 Å². The van der Waals surface area contributed by atoms with Gasteiger partial charge in [-0.05, 0) is 30.7 Å². The van der Waals surface area contributed by atoms with Crippen molar-refractivity contribution in [2.24, 2.45) is 5.92 Å². The van der Waals surface area contributed by atoms with Gasteiger partial charge >= 0.3 is 0 Å². The Balaban J connectivity index is 1.86. The number of benzene rings is 1. The summed E-state index contributed by atoms with van der Waals surface area (Å²) in [6.45, 7) is 3.63. The summed E-state index contributed by atoms with van der Waals surface area (Å²) >= 11 is 0. The van der Waals surface area contributed by atoms with Gasteiger partial charge in [-0.2, -0.15) is 0 Å². The van der Waals surface area contributed by atoms with Gasteiger partial charge in [0.1, 0.15) is 0 Å². The molecule has 1 amide bonds. The number of amides is 1. The van der Waals surface area contributed by atoms with E-state index in [9.17, 15) is 9.90 Å². The number of nitrogens with zero attached hydrogens (tertiary/aromatic N) is 1. The number of hydrogen-bond acceptors (Lipinski definition) is 2. The Hall–Kier alpha value is -1.35. The smallest absolute Gasteiger partial charge is 0.222 e. The van der Waals surface area contributed by atoms with Crippen LogP contribution in [0.25, 0.3) is 0 Å². The molecule has 1 aliphatic heterocycles. The molecule has 2 rings (SSSR count). The predicted octanol–water partition coefficient (Wildman–Crippen LogP) is 2.76. The maximum absolute atomic E-state index is 12.0. The highest BCUT2D eigenvalue weighted by atomic mass is 16.3. The fourth-order valence-electron chi connectivity index (χ4n) is 2.64. The van der Waals surface area contributed by atoms with E-state index in [0.29, 0.717) is 25.3 Å². The number of aliphatic hydroxyl groups excluding tert-OH is 1. The molecule has 1 heterocycles. The van der Waals surface area contributed by atoms with Crippen LogP contribution in [-0.2, 0) is 4.79 Å². The summed E-state index contributed by atoms with van der Waals surface area (Å²) < 4.78 is 0. The molecule has 2 atom stereocenters. The second-order valence-corrected chi connectivity index (χ2v) is 5.55. The lowest BCUT2D eigenvalue weighted by Gasteiger charge is -2.22. The Morgan fingerprint density at radius 2 is 2.11 bits per heavy atom. The minimum absolute atomic E-state index is 0.241. The molecule has 3 heteroatoms. The van der Waals surface area contributed by atoms with Crippen LogP contribution in [0.15, 0.2) is 30.3 Å². The second-order valence-electron chi connectivity index (χ2n) is 5.55. The first-order valence-electron chi connectivity index (χ1n) is 7.17. The Bertz CT molecular complexity index is 404. The summed E-state index contributed by atoms with van der Waals surface area (Å²) in [6.07, 6.45) is 3.00. The van der Waals surface area contributed by atoms with Crippen molar-refractivity contribution in [2.75, 3.05) is 13.1 Å². The molecule has 0 unspecified atom stereocenters. The highest BCUT2D eigenvalue weighted by Crippen LogP contribution is 2.20. The third-order valence-electron chi connectivity index (χ3n) is 3.86. The molecule has 1 saturated heterocycles. The molecule has 0 bridgehead atoms. The van der Waals surface area contributed by atoms with Crippen LogP contribution in [0.5, 0.6) is 0 Å². The molecular formula is C16H23NO2.